The number of hydrogen-bond donors (Lipinski definition) is 2. The van der Waals surface area contributed by atoms with Gasteiger partial charge in [0.05, 0.1) is 25.3 Å². The largest absolute Gasteiger partial charge is 0.497 e. The van der Waals surface area contributed by atoms with Crippen LogP contribution in [-0.4, -0.2) is 26.7 Å². The van der Waals surface area contributed by atoms with Crippen molar-refractivity contribution in [1.29, 1.82) is 0 Å². The van der Waals surface area contributed by atoms with Crippen LogP contribution in [0.15, 0.2) is 18.2 Å². The van der Waals surface area contributed by atoms with Gasteiger partial charge >= 0.3 is 0 Å². The van der Waals surface area contributed by atoms with Gasteiger partial charge in [0.25, 0.3) is 0 Å². The fourth-order valence-corrected chi connectivity index (χ4v) is 2.92. The quantitative estimate of drug-likeness (QED) is 0.874. The molecule has 1 amide bonds. The van der Waals surface area contributed by atoms with Crippen LogP contribution in [0.3, 0.4) is 0 Å². The molecule has 0 aliphatic heterocycles. The van der Waals surface area contributed by atoms with Gasteiger partial charge in [-0.05, 0) is 25.0 Å². The van der Waals surface area contributed by atoms with Crippen molar-refractivity contribution < 1.29 is 14.3 Å². The van der Waals surface area contributed by atoms with Gasteiger partial charge in [-0.1, -0.05) is 19.3 Å². The Labute approximate surface area is 125 Å². The van der Waals surface area contributed by atoms with Crippen LogP contribution in [0.2, 0.25) is 0 Å². The first kappa shape index (κ1) is 15.6. The summed E-state index contributed by atoms with van der Waals surface area (Å²) in [7, 11) is 3.17. The molecule has 21 heavy (non-hydrogen) atoms. The lowest BCUT2D eigenvalue weighted by molar-refractivity contribution is -0.126. The van der Waals surface area contributed by atoms with E-state index in [4.69, 9.17) is 15.2 Å². The summed E-state index contributed by atoms with van der Waals surface area (Å²) in [6, 6.07) is 5.35. The van der Waals surface area contributed by atoms with Gasteiger partial charge in [0.1, 0.15) is 11.5 Å². The van der Waals surface area contributed by atoms with E-state index in [1.165, 1.54) is 6.42 Å². The highest BCUT2D eigenvalue weighted by Crippen LogP contribution is 2.38. The Morgan fingerprint density at radius 3 is 2.52 bits per heavy atom. The minimum atomic E-state index is -0.452. The number of methoxy groups -OCH3 is 2. The number of amides is 1. The molecule has 0 aromatic heterocycles. The van der Waals surface area contributed by atoms with Crippen LogP contribution in [0, 0.1) is 5.41 Å². The zero-order valence-electron chi connectivity index (χ0n) is 12.8. The first-order valence-electron chi connectivity index (χ1n) is 7.39. The number of ether oxygens (including phenoxy) is 2. The van der Waals surface area contributed by atoms with Crippen LogP contribution >= 0.6 is 0 Å². The van der Waals surface area contributed by atoms with Crippen molar-refractivity contribution in [3.05, 3.63) is 18.2 Å². The average molecular weight is 292 g/mol. The SMILES string of the molecule is COc1ccc(OC)c(NC(=O)C2(CN)CCCCC2)c1. The number of benzene rings is 1. The van der Waals surface area contributed by atoms with Crippen LogP contribution in [0.25, 0.3) is 0 Å². The van der Waals surface area contributed by atoms with E-state index in [0.29, 0.717) is 23.7 Å². The third-order valence-electron chi connectivity index (χ3n) is 4.34. The van der Waals surface area contributed by atoms with Crippen LogP contribution in [0.1, 0.15) is 32.1 Å². The van der Waals surface area contributed by atoms with Crippen LogP contribution in [0.5, 0.6) is 11.5 Å². The number of carbonyl (C=O) groups is 1. The summed E-state index contributed by atoms with van der Waals surface area (Å²) < 4.78 is 10.5. The van der Waals surface area contributed by atoms with Gasteiger partial charge in [-0.25, -0.2) is 0 Å². The third-order valence-corrected chi connectivity index (χ3v) is 4.34. The topological polar surface area (TPSA) is 73.6 Å². The maximum Gasteiger partial charge on any atom is 0.231 e. The molecule has 1 saturated carbocycles. The number of hydrogen-bond acceptors (Lipinski definition) is 4. The maximum absolute atomic E-state index is 12.7. The van der Waals surface area contributed by atoms with Crippen molar-refractivity contribution in [2.24, 2.45) is 11.1 Å². The highest BCUT2D eigenvalue weighted by atomic mass is 16.5. The molecule has 5 nitrogen and oxygen atoms in total. The van der Waals surface area contributed by atoms with Gasteiger partial charge in [-0.3, -0.25) is 4.79 Å². The van der Waals surface area contributed by atoms with Crippen molar-refractivity contribution in [3.8, 4) is 11.5 Å². The van der Waals surface area contributed by atoms with Crippen molar-refractivity contribution in [2.75, 3.05) is 26.1 Å². The summed E-state index contributed by atoms with van der Waals surface area (Å²) in [6.07, 6.45) is 4.99. The minimum Gasteiger partial charge on any atom is -0.497 e. The normalized spacial score (nSPS) is 17.1. The lowest BCUT2D eigenvalue weighted by Crippen LogP contribution is -2.43. The predicted octanol–water partition coefficient (Wildman–Crippen LogP) is 2.55. The first-order chi connectivity index (χ1) is 10.1. The van der Waals surface area contributed by atoms with E-state index < -0.39 is 5.41 Å². The number of nitrogens with one attached hydrogen (secondary N) is 1. The molecule has 116 valence electrons. The predicted molar refractivity (Wildman–Crippen MR) is 82.7 cm³/mol. The fourth-order valence-electron chi connectivity index (χ4n) is 2.92. The second kappa shape index (κ2) is 6.80. The van der Waals surface area contributed by atoms with Gasteiger partial charge in [-0.15, -0.1) is 0 Å². The van der Waals surface area contributed by atoms with Crippen molar-refractivity contribution in [1.82, 2.24) is 0 Å². The molecule has 1 fully saturated rings. The molecule has 0 unspecified atom stereocenters. The van der Waals surface area contributed by atoms with E-state index in [1.807, 2.05) is 0 Å². The summed E-state index contributed by atoms with van der Waals surface area (Å²) >= 11 is 0. The molecular weight excluding hydrogens is 268 g/mol. The van der Waals surface area contributed by atoms with Crippen molar-refractivity contribution >= 4 is 11.6 Å². The second-order valence-corrected chi connectivity index (χ2v) is 5.57. The Hall–Kier alpha value is -1.75. The molecule has 0 heterocycles. The smallest absolute Gasteiger partial charge is 0.231 e. The zero-order chi connectivity index (χ0) is 15.3. The molecular formula is C16H24N2O3. The third kappa shape index (κ3) is 3.29. The molecule has 5 heteroatoms. The summed E-state index contributed by atoms with van der Waals surface area (Å²) in [5, 5.41) is 2.97. The molecule has 1 aromatic rings. The molecule has 0 bridgehead atoms. The molecule has 0 spiro atoms. The molecule has 1 aromatic carbocycles. The molecule has 0 radical (unpaired) electrons. The molecule has 0 atom stereocenters. The Morgan fingerprint density at radius 1 is 1.24 bits per heavy atom. The Kier molecular flexibility index (Phi) is 5.07. The van der Waals surface area contributed by atoms with E-state index in [9.17, 15) is 4.79 Å². The first-order valence-corrected chi connectivity index (χ1v) is 7.39. The number of nitrogens with two attached hydrogens (primary N) is 1. The van der Waals surface area contributed by atoms with E-state index in [0.717, 1.165) is 25.7 Å². The van der Waals surface area contributed by atoms with Gasteiger partial charge in [0, 0.05) is 12.6 Å². The molecule has 0 saturated heterocycles. The van der Waals surface area contributed by atoms with Gasteiger partial charge in [-0.2, -0.15) is 0 Å². The highest BCUT2D eigenvalue weighted by molar-refractivity contribution is 5.97. The molecule has 1 aliphatic rings. The molecule has 1 aliphatic carbocycles. The highest BCUT2D eigenvalue weighted by Gasteiger charge is 2.38. The van der Waals surface area contributed by atoms with E-state index in [1.54, 1.807) is 32.4 Å². The second-order valence-electron chi connectivity index (χ2n) is 5.57. The average Bonchev–Trinajstić information content (AvgIpc) is 2.55. The minimum absolute atomic E-state index is 0.0174. The fraction of sp³-hybridized carbons (Fsp3) is 0.562. The summed E-state index contributed by atoms with van der Waals surface area (Å²) in [5.41, 5.74) is 6.08. The number of anilines is 1. The summed E-state index contributed by atoms with van der Waals surface area (Å²) in [6.45, 7) is 0.380. The number of rotatable bonds is 5. The van der Waals surface area contributed by atoms with Crippen LogP contribution in [-0.2, 0) is 4.79 Å². The lowest BCUT2D eigenvalue weighted by atomic mass is 9.73. The maximum atomic E-state index is 12.7. The summed E-state index contributed by atoms with van der Waals surface area (Å²) in [5.74, 6) is 1.28. The van der Waals surface area contributed by atoms with Crippen LogP contribution in [0.4, 0.5) is 5.69 Å². The Morgan fingerprint density at radius 2 is 1.95 bits per heavy atom. The lowest BCUT2D eigenvalue weighted by Gasteiger charge is -2.34. The van der Waals surface area contributed by atoms with Crippen molar-refractivity contribution in [3.63, 3.8) is 0 Å². The van der Waals surface area contributed by atoms with E-state index in [-0.39, 0.29) is 5.91 Å². The van der Waals surface area contributed by atoms with Crippen LogP contribution < -0.4 is 20.5 Å². The van der Waals surface area contributed by atoms with Gasteiger partial charge < -0.3 is 20.5 Å². The van der Waals surface area contributed by atoms with Gasteiger partial charge in [0.15, 0.2) is 0 Å². The van der Waals surface area contributed by atoms with Gasteiger partial charge in [0.2, 0.25) is 5.91 Å². The molecule has 2 rings (SSSR count). The Bertz CT molecular complexity index is 496. The van der Waals surface area contributed by atoms with Crippen molar-refractivity contribution in [2.45, 2.75) is 32.1 Å². The standard InChI is InChI=1S/C16H24N2O3/c1-20-12-6-7-14(21-2)13(10-12)18-15(19)16(11-17)8-4-3-5-9-16/h6-7,10H,3-5,8-9,11,17H2,1-2H3,(H,18,19). The Balaban J connectivity index is 2.21. The number of carbonyl (C=O) groups excluding carboxylic acids is 1. The summed E-state index contributed by atoms with van der Waals surface area (Å²) in [4.78, 5) is 12.7. The zero-order valence-corrected chi connectivity index (χ0v) is 12.8. The monoisotopic (exact) mass is 292 g/mol. The van der Waals surface area contributed by atoms with E-state index in [2.05, 4.69) is 5.32 Å². The molecule has 3 N–H and O–H groups in total. The van der Waals surface area contributed by atoms with E-state index >= 15 is 0 Å².